The molecule has 0 aliphatic heterocycles. The lowest BCUT2D eigenvalue weighted by molar-refractivity contribution is -0.147. The number of aryl methyl sites for hydroxylation is 1. The molecule has 10 heteroatoms. The van der Waals surface area contributed by atoms with Crippen LogP contribution in [0.25, 0.3) is 0 Å². The SMILES string of the molecule is Cc1csc(=O)n1CCC(=O)OCC(=O)Nc1cc(Cl)c(Cl)cc1Cl. The topological polar surface area (TPSA) is 77.4 Å². The zero-order valence-corrected chi connectivity index (χ0v) is 16.1. The number of thiazole rings is 1. The fraction of sp³-hybridized carbons (Fsp3) is 0.267. The third kappa shape index (κ3) is 5.47. The zero-order valence-electron chi connectivity index (χ0n) is 13.0. The average molecular weight is 424 g/mol. The van der Waals surface area contributed by atoms with Crippen molar-refractivity contribution in [3.05, 3.63) is 47.9 Å². The number of nitrogens with one attached hydrogen (secondary N) is 1. The molecule has 0 radical (unpaired) electrons. The first-order valence-electron chi connectivity index (χ1n) is 7.03. The van der Waals surface area contributed by atoms with E-state index in [-0.39, 0.29) is 38.6 Å². The number of benzene rings is 1. The number of anilines is 1. The van der Waals surface area contributed by atoms with E-state index in [2.05, 4.69) is 5.32 Å². The van der Waals surface area contributed by atoms with E-state index in [1.165, 1.54) is 16.7 Å². The van der Waals surface area contributed by atoms with Gasteiger partial charge in [-0.1, -0.05) is 46.1 Å². The minimum Gasteiger partial charge on any atom is -0.456 e. The van der Waals surface area contributed by atoms with Gasteiger partial charge in [0, 0.05) is 17.6 Å². The lowest BCUT2D eigenvalue weighted by Crippen LogP contribution is -2.23. The van der Waals surface area contributed by atoms with Crippen LogP contribution in [0.4, 0.5) is 5.69 Å². The molecule has 1 N–H and O–H groups in total. The fourth-order valence-corrected chi connectivity index (χ4v) is 3.26. The van der Waals surface area contributed by atoms with Gasteiger partial charge in [-0.25, -0.2) is 0 Å². The van der Waals surface area contributed by atoms with Crippen LogP contribution in [0.1, 0.15) is 12.1 Å². The summed E-state index contributed by atoms with van der Waals surface area (Å²) in [4.78, 5) is 34.9. The Balaban J connectivity index is 1.83. The van der Waals surface area contributed by atoms with Crippen molar-refractivity contribution < 1.29 is 14.3 Å². The molecule has 2 aromatic rings. The number of ether oxygens (including phenoxy) is 1. The van der Waals surface area contributed by atoms with Gasteiger partial charge < -0.3 is 14.6 Å². The highest BCUT2D eigenvalue weighted by Gasteiger charge is 2.12. The number of hydrogen-bond acceptors (Lipinski definition) is 5. The summed E-state index contributed by atoms with van der Waals surface area (Å²) in [6, 6.07) is 2.80. The summed E-state index contributed by atoms with van der Waals surface area (Å²) < 4.78 is 6.36. The second kappa shape index (κ2) is 8.71. The van der Waals surface area contributed by atoms with E-state index < -0.39 is 18.5 Å². The smallest absolute Gasteiger partial charge is 0.308 e. The first-order valence-corrected chi connectivity index (χ1v) is 9.04. The first-order chi connectivity index (χ1) is 11.8. The van der Waals surface area contributed by atoms with Crippen molar-refractivity contribution in [3.8, 4) is 0 Å². The number of carbonyl (C=O) groups excluding carboxylic acids is 2. The maximum absolute atomic E-state index is 11.8. The summed E-state index contributed by atoms with van der Waals surface area (Å²) in [6.07, 6.45) is -0.0156. The van der Waals surface area contributed by atoms with Gasteiger partial charge in [-0.15, -0.1) is 0 Å². The Morgan fingerprint density at radius 2 is 1.88 bits per heavy atom. The summed E-state index contributed by atoms with van der Waals surface area (Å²) in [5.41, 5.74) is 1.03. The molecule has 0 saturated heterocycles. The highest BCUT2D eigenvalue weighted by Crippen LogP contribution is 2.32. The second-order valence-electron chi connectivity index (χ2n) is 5.00. The van der Waals surface area contributed by atoms with Gasteiger partial charge in [-0.2, -0.15) is 0 Å². The summed E-state index contributed by atoms with van der Waals surface area (Å²) in [7, 11) is 0. The van der Waals surface area contributed by atoms with Gasteiger partial charge in [0.15, 0.2) is 6.61 Å². The molecule has 2 rings (SSSR count). The molecule has 1 aromatic carbocycles. The van der Waals surface area contributed by atoms with Crippen LogP contribution in [-0.2, 0) is 20.9 Å². The molecule has 1 aromatic heterocycles. The molecule has 134 valence electrons. The van der Waals surface area contributed by atoms with Crippen molar-refractivity contribution in [2.75, 3.05) is 11.9 Å². The molecule has 0 fully saturated rings. The molecule has 0 aliphatic carbocycles. The molecular formula is C15H13Cl3N2O4S. The number of carbonyl (C=O) groups is 2. The summed E-state index contributed by atoms with van der Waals surface area (Å²) >= 11 is 18.7. The number of esters is 1. The minimum absolute atomic E-state index is 0.0156. The molecule has 1 amide bonds. The number of nitrogens with zero attached hydrogens (tertiary/aromatic N) is 1. The third-order valence-electron chi connectivity index (χ3n) is 3.16. The molecule has 6 nitrogen and oxygen atoms in total. The maximum atomic E-state index is 11.8. The normalized spacial score (nSPS) is 10.6. The molecular weight excluding hydrogens is 411 g/mol. The van der Waals surface area contributed by atoms with Gasteiger partial charge >= 0.3 is 10.8 Å². The lowest BCUT2D eigenvalue weighted by atomic mass is 10.3. The van der Waals surface area contributed by atoms with Crippen LogP contribution in [-0.4, -0.2) is 23.1 Å². The van der Waals surface area contributed by atoms with E-state index in [0.29, 0.717) is 0 Å². The van der Waals surface area contributed by atoms with Gasteiger partial charge in [0.05, 0.1) is 27.2 Å². The predicted molar refractivity (Wildman–Crippen MR) is 99.0 cm³/mol. The van der Waals surface area contributed by atoms with Gasteiger partial charge in [-0.05, 0) is 19.1 Å². The van der Waals surface area contributed by atoms with Crippen LogP contribution in [0.3, 0.4) is 0 Å². The van der Waals surface area contributed by atoms with Crippen molar-refractivity contribution in [2.45, 2.75) is 19.9 Å². The van der Waals surface area contributed by atoms with E-state index in [4.69, 9.17) is 39.5 Å². The molecule has 0 unspecified atom stereocenters. The van der Waals surface area contributed by atoms with E-state index >= 15 is 0 Å². The van der Waals surface area contributed by atoms with Gasteiger partial charge in [-0.3, -0.25) is 14.4 Å². The summed E-state index contributed by atoms with van der Waals surface area (Å²) in [5.74, 6) is -1.16. The average Bonchev–Trinajstić information content (AvgIpc) is 2.87. The van der Waals surface area contributed by atoms with Gasteiger partial charge in [0.25, 0.3) is 5.91 Å². The third-order valence-corrected chi connectivity index (χ3v) is 5.08. The van der Waals surface area contributed by atoms with Crippen molar-refractivity contribution in [3.63, 3.8) is 0 Å². The quantitative estimate of drug-likeness (QED) is 0.567. The second-order valence-corrected chi connectivity index (χ2v) is 7.04. The molecule has 25 heavy (non-hydrogen) atoms. The van der Waals surface area contributed by atoms with Crippen molar-refractivity contribution in [1.82, 2.24) is 4.57 Å². The minimum atomic E-state index is -0.590. The number of halogens is 3. The Morgan fingerprint density at radius 1 is 1.20 bits per heavy atom. The van der Waals surface area contributed by atoms with Gasteiger partial charge in [0.1, 0.15) is 0 Å². The van der Waals surface area contributed by atoms with Crippen LogP contribution in [0.2, 0.25) is 15.1 Å². The van der Waals surface area contributed by atoms with Crippen LogP contribution in [0.5, 0.6) is 0 Å². The van der Waals surface area contributed by atoms with Crippen molar-refractivity contribution in [2.24, 2.45) is 0 Å². The number of amides is 1. The Morgan fingerprint density at radius 3 is 2.52 bits per heavy atom. The van der Waals surface area contributed by atoms with Gasteiger partial charge in [0.2, 0.25) is 0 Å². The van der Waals surface area contributed by atoms with E-state index in [9.17, 15) is 14.4 Å². The zero-order chi connectivity index (χ0) is 18.6. The first kappa shape index (κ1) is 19.8. The Hall–Kier alpha value is -1.54. The predicted octanol–water partition coefficient (Wildman–Crippen LogP) is 3.75. The van der Waals surface area contributed by atoms with Crippen LogP contribution < -0.4 is 10.2 Å². The summed E-state index contributed by atoms with van der Waals surface area (Å²) in [5, 5.41) is 4.89. The summed E-state index contributed by atoms with van der Waals surface area (Å²) in [6.45, 7) is 1.50. The van der Waals surface area contributed by atoms with Crippen molar-refractivity contribution in [1.29, 1.82) is 0 Å². The number of rotatable bonds is 6. The number of hydrogen-bond donors (Lipinski definition) is 1. The molecule has 0 atom stereocenters. The van der Waals surface area contributed by atoms with E-state index in [1.54, 1.807) is 12.3 Å². The highest BCUT2D eigenvalue weighted by atomic mass is 35.5. The largest absolute Gasteiger partial charge is 0.456 e. The highest BCUT2D eigenvalue weighted by molar-refractivity contribution is 7.07. The van der Waals surface area contributed by atoms with Crippen LogP contribution in [0, 0.1) is 6.92 Å². The Labute approximate surface area is 162 Å². The maximum Gasteiger partial charge on any atom is 0.308 e. The molecule has 1 heterocycles. The molecule has 0 saturated carbocycles. The lowest BCUT2D eigenvalue weighted by Gasteiger charge is -2.09. The van der Waals surface area contributed by atoms with E-state index in [1.807, 2.05) is 0 Å². The molecule has 0 spiro atoms. The Bertz CT molecular complexity index is 863. The van der Waals surface area contributed by atoms with Crippen LogP contribution >= 0.6 is 46.1 Å². The molecule has 0 bridgehead atoms. The number of aromatic nitrogens is 1. The fourth-order valence-electron chi connectivity index (χ4n) is 1.90. The standard InChI is InChI=1S/C15H13Cl3N2O4S/c1-8-7-25-15(23)20(8)3-2-14(22)24-6-13(21)19-12-5-10(17)9(16)4-11(12)18/h4-5,7H,2-3,6H2,1H3,(H,19,21). The Kier molecular flexibility index (Phi) is 6.89. The monoisotopic (exact) mass is 422 g/mol. The van der Waals surface area contributed by atoms with Crippen LogP contribution in [0.15, 0.2) is 22.3 Å². The molecule has 0 aliphatic rings. The van der Waals surface area contributed by atoms with Crippen molar-refractivity contribution >= 4 is 63.7 Å². The van der Waals surface area contributed by atoms with E-state index in [0.717, 1.165) is 17.0 Å².